The second-order valence-corrected chi connectivity index (χ2v) is 8.71. The molecule has 0 aliphatic carbocycles. The Morgan fingerprint density at radius 1 is 1.06 bits per heavy atom. The zero-order chi connectivity index (χ0) is 25.1. The molecule has 0 radical (unpaired) electrons. The van der Waals surface area contributed by atoms with Gasteiger partial charge in [0, 0.05) is 30.9 Å². The minimum absolute atomic E-state index is 0.0860. The van der Waals surface area contributed by atoms with Crippen LogP contribution in [0.4, 0.5) is 5.69 Å². The highest BCUT2D eigenvalue weighted by atomic mass is 35.5. The van der Waals surface area contributed by atoms with Gasteiger partial charge in [-0.2, -0.15) is 0 Å². The van der Waals surface area contributed by atoms with Gasteiger partial charge in [0.2, 0.25) is 0 Å². The number of hydrazine groups is 1. The van der Waals surface area contributed by atoms with Crippen LogP contribution in [-0.4, -0.2) is 27.1 Å². The van der Waals surface area contributed by atoms with Gasteiger partial charge in [0.15, 0.2) is 5.75 Å². The Morgan fingerprint density at radius 2 is 1.74 bits per heavy atom. The Balaban J connectivity index is 1.47. The normalized spacial score (nSPS) is 12.8. The van der Waals surface area contributed by atoms with E-state index in [0.717, 1.165) is 13.1 Å². The maximum absolute atomic E-state index is 11.8. The van der Waals surface area contributed by atoms with Crippen LogP contribution in [0.3, 0.4) is 0 Å². The minimum atomic E-state index is -1.24. The Hall–Kier alpha value is -3.34. The Kier molecular flexibility index (Phi) is 7.44. The monoisotopic (exact) mass is 516 g/mol. The lowest BCUT2D eigenvalue weighted by atomic mass is 10.1. The highest BCUT2D eigenvalue weighted by Crippen LogP contribution is 2.42. The molecule has 35 heavy (non-hydrogen) atoms. The number of anilines is 1. The standard InChI is InChI=1S/C24H22Cl2N4O5/c1-13-19(28-23(32)24(33)29-34)9-18(25)22(21(13)26)35-17-6-7-20(31)16(8-17)10-27-30-11-14-4-2-3-5-15(14)12-30/h2-9,27,31,34H,10-12H2,1H3,(H,28,32)(H,29,33). The molecule has 4 rings (SSSR count). The van der Waals surface area contributed by atoms with Crippen molar-refractivity contribution < 1.29 is 24.6 Å². The summed E-state index contributed by atoms with van der Waals surface area (Å²) in [6, 6.07) is 14.4. The summed E-state index contributed by atoms with van der Waals surface area (Å²) in [6.07, 6.45) is 0. The van der Waals surface area contributed by atoms with Crippen molar-refractivity contribution in [3.8, 4) is 17.2 Å². The van der Waals surface area contributed by atoms with E-state index in [1.54, 1.807) is 19.1 Å². The number of fused-ring (bicyclic) bond motifs is 1. The van der Waals surface area contributed by atoms with Crippen molar-refractivity contribution in [2.75, 3.05) is 5.32 Å². The number of nitrogens with one attached hydrogen (secondary N) is 3. The second kappa shape index (κ2) is 10.5. The van der Waals surface area contributed by atoms with Gasteiger partial charge in [-0.3, -0.25) is 20.2 Å². The van der Waals surface area contributed by atoms with E-state index in [4.69, 9.17) is 33.1 Å². The van der Waals surface area contributed by atoms with Crippen LogP contribution in [0.15, 0.2) is 48.5 Å². The van der Waals surface area contributed by atoms with Crippen molar-refractivity contribution in [2.45, 2.75) is 26.6 Å². The van der Waals surface area contributed by atoms with Crippen molar-refractivity contribution in [3.63, 3.8) is 0 Å². The van der Waals surface area contributed by atoms with Crippen molar-refractivity contribution in [3.05, 3.63) is 80.8 Å². The molecule has 2 amide bonds. The number of hydroxylamine groups is 1. The number of halogens is 2. The average molecular weight is 517 g/mol. The van der Waals surface area contributed by atoms with Gasteiger partial charge < -0.3 is 15.2 Å². The predicted molar refractivity (Wildman–Crippen MR) is 130 cm³/mol. The van der Waals surface area contributed by atoms with Crippen LogP contribution in [0.2, 0.25) is 10.0 Å². The van der Waals surface area contributed by atoms with E-state index in [1.807, 2.05) is 12.1 Å². The SMILES string of the molecule is Cc1c(NC(=O)C(=O)NO)cc(Cl)c(Oc2ccc(O)c(CNN3Cc4ccccc4C3)c2)c1Cl. The summed E-state index contributed by atoms with van der Waals surface area (Å²) in [6.45, 7) is 3.51. The Labute approximate surface area is 211 Å². The fraction of sp³-hybridized carbons (Fsp3) is 0.167. The van der Waals surface area contributed by atoms with E-state index >= 15 is 0 Å². The first-order chi connectivity index (χ1) is 16.8. The first-order valence-electron chi connectivity index (χ1n) is 10.6. The molecule has 0 spiro atoms. The van der Waals surface area contributed by atoms with Gasteiger partial charge >= 0.3 is 11.8 Å². The molecule has 1 heterocycles. The molecule has 0 fully saturated rings. The number of hydrogen-bond acceptors (Lipinski definition) is 7. The third kappa shape index (κ3) is 5.50. The summed E-state index contributed by atoms with van der Waals surface area (Å²) < 4.78 is 5.92. The van der Waals surface area contributed by atoms with Crippen LogP contribution in [0.1, 0.15) is 22.3 Å². The van der Waals surface area contributed by atoms with E-state index < -0.39 is 11.8 Å². The summed E-state index contributed by atoms with van der Waals surface area (Å²) in [5, 5.41) is 23.5. The van der Waals surface area contributed by atoms with E-state index in [-0.39, 0.29) is 27.2 Å². The van der Waals surface area contributed by atoms with Crippen LogP contribution in [0, 0.1) is 6.92 Å². The highest BCUT2D eigenvalue weighted by Gasteiger charge is 2.21. The van der Waals surface area contributed by atoms with Crippen LogP contribution in [0.5, 0.6) is 17.2 Å². The molecular formula is C24H22Cl2N4O5. The lowest BCUT2D eigenvalue weighted by Gasteiger charge is -2.18. The quantitative estimate of drug-likeness (QED) is 0.188. The number of carbonyl (C=O) groups excluding carboxylic acids is 2. The number of ether oxygens (including phenoxy) is 1. The van der Waals surface area contributed by atoms with Crippen LogP contribution >= 0.6 is 23.2 Å². The molecule has 1 aliphatic heterocycles. The van der Waals surface area contributed by atoms with Gasteiger partial charge in [-0.15, -0.1) is 0 Å². The maximum atomic E-state index is 11.8. The number of nitrogens with zero attached hydrogens (tertiary/aromatic N) is 1. The molecule has 0 saturated heterocycles. The van der Waals surface area contributed by atoms with Crippen LogP contribution < -0.4 is 21.0 Å². The van der Waals surface area contributed by atoms with Gasteiger partial charge in [-0.25, -0.2) is 10.5 Å². The molecule has 11 heteroatoms. The number of hydrogen-bond donors (Lipinski definition) is 5. The fourth-order valence-electron chi connectivity index (χ4n) is 3.67. The van der Waals surface area contributed by atoms with Gasteiger partial charge in [-0.1, -0.05) is 47.5 Å². The van der Waals surface area contributed by atoms with E-state index in [9.17, 15) is 14.7 Å². The van der Waals surface area contributed by atoms with Crippen LogP contribution in [0.25, 0.3) is 0 Å². The number of phenolic OH excluding ortho intramolecular Hbond substituents is 1. The lowest BCUT2D eigenvalue weighted by molar-refractivity contribution is -0.141. The Bertz CT molecular complexity index is 1280. The molecule has 1 aliphatic rings. The zero-order valence-corrected chi connectivity index (χ0v) is 20.1. The number of amides is 2. The molecule has 9 nitrogen and oxygen atoms in total. The molecular weight excluding hydrogens is 495 g/mol. The van der Waals surface area contributed by atoms with E-state index in [1.165, 1.54) is 28.7 Å². The number of aromatic hydroxyl groups is 1. The largest absolute Gasteiger partial charge is 0.508 e. The lowest BCUT2D eigenvalue weighted by Crippen LogP contribution is -2.33. The molecule has 3 aromatic rings. The number of benzene rings is 3. The topological polar surface area (TPSA) is 123 Å². The third-order valence-electron chi connectivity index (χ3n) is 5.58. The van der Waals surface area contributed by atoms with Crippen molar-refractivity contribution in [1.82, 2.24) is 15.9 Å². The third-order valence-corrected chi connectivity index (χ3v) is 6.32. The molecule has 0 unspecified atom stereocenters. The zero-order valence-electron chi connectivity index (χ0n) is 18.6. The summed E-state index contributed by atoms with van der Waals surface area (Å²) in [5.74, 6) is -1.68. The van der Waals surface area contributed by atoms with Gasteiger partial charge in [0.05, 0.1) is 10.0 Å². The van der Waals surface area contributed by atoms with Crippen molar-refractivity contribution in [1.29, 1.82) is 0 Å². The van der Waals surface area contributed by atoms with Crippen molar-refractivity contribution in [2.24, 2.45) is 0 Å². The number of phenols is 1. The predicted octanol–water partition coefficient (Wildman–Crippen LogP) is 4.26. The first-order valence-corrected chi connectivity index (χ1v) is 11.3. The van der Waals surface area contributed by atoms with Crippen molar-refractivity contribution >= 4 is 40.7 Å². The molecule has 5 N–H and O–H groups in total. The molecule has 0 saturated carbocycles. The average Bonchev–Trinajstić information content (AvgIpc) is 3.27. The molecule has 0 atom stereocenters. The summed E-state index contributed by atoms with van der Waals surface area (Å²) in [7, 11) is 0. The molecule has 182 valence electrons. The second-order valence-electron chi connectivity index (χ2n) is 7.92. The highest BCUT2D eigenvalue weighted by molar-refractivity contribution is 6.41. The molecule has 0 aromatic heterocycles. The molecule has 0 bridgehead atoms. The summed E-state index contributed by atoms with van der Waals surface area (Å²) in [4.78, 5) is 23.0. The van der Waals surface area contributed by atoms with Gasteiger partial charge in [0.1, 0.15) is 11.5 Å². The number of rotatable bonds is 6. The Morgan fingerprint density at radius 3 is 2.40 bits per heavy atom. The van der Waals surface area contributed by atoms with E-state index in [0.29, 0.717) is 23.4 Å². The minimum Gasteiger partial charge on any atom is -0.508 e. The van der Waals surface area contributed by atoms with Gasteiger partial charge in [-0.05, 0) is 47.9 Å². The van der Waals surface area contributed by atoms with Crippen LogP contribution in [-0.2, 0) is 29.2 Å². The molecule has 3 aromatic carbocycles. The summed E-state index contributed by atoms with van der Waals surface area (Å²) in [5.41, 5.74) is 8.29. The number of carbonyl (C=O) groups is 2. The smallest absolute Gasteiger partial charge is 0.332 e. The fourth-order valence-corrected chi connectivity index (χ4v) is 4.21. The summed E-state index contributed by atoms with van der Waals surface area (Å²) >= 11 is 12.8. The van der Waals surface area contributed by atoms with E-state index in [2.05, 4.69) is 27.9 Å². The van der Waals surface area contributed by atoms with Gasteiger partial charge in [0.25, 0.3) is 0 Å². The maximum Gasteiger partial charge on any atom is 0.332 e. The first kappa shape index (κ1) is 24.8.